The minimum absolute atomic E-state index is 0.113. The molecule has 0 spiro atoms. The van der Waals surface area contributed by atoms with E-state index >= 15 is 0 Å². The Hall–Kier alpha value is -0.100. The number of benzene rings is 1. The number of hydrogen-bond donors (Lipinski definition) is 0. The monoisotopic (exact) mass is 381 g/mol. The summed E-state index contributed by atoms with van der Waals surface area (Å²) in [5, 5.41) is 0.815. The lowest BCUT2D eigenvalue weighted by atomic mass is 10.2. The van der Waals surface area contributed by atoms with Gasteiger partial charge in [-0.3, -0.25) is 4.79 Å². The molecule has 0 bridgehead atoms. The standard InChI is InChI=1S/C11H13BrINO/c1-2-14(8-7-12)11(15)9-5-3-4-6-10(9)13/h3-6H,2,7-8H2,1H3. The quantitative estimate of drug-likeness (QED) is 0.579. The largest absolute Gasteiger partial charge is 0.338 e. The van der Waals surface area contributed by atoms with Crippen molar-refractivity contribution in [2.45, 2.75) is 6.92 Å². The first-order chi connectivity index (χ1) is 7.20. The second-order valence-electron chi connectivity index (χ2n) is 3.05. The van der Waals surface area contributed by atoms with Crippen LogP contribution in [0.3, 0.4) is 0 Å². The number of alkyl halides is 1. The van der Waals surface area contributed by atoms with E-state index in [0.717, 1.165) is 27.6 Å². The third kappa shape index (κ3) is 3.45. The normalized spacial score (nSPS) is 10.1. The third-order valence-electron chi connectivity index (χ3n) is 2.13. The maximum absolute atomic E-state index is 12.1. The predicted molar refractivity (Wildman–Crippen MR) is 74.5 cm³/mol. The summed E-state index contributed by atoms with van der Waals surface area (Å²) < 4.78 is 1.01. The molecule has 0 aliphatic rings. The molecule has 0 atom stereocenters. The SMILES string of the molecule is CCN(CCBr)C(=O)c1ccccc1I. The zero-order valence-corrected chi connectivity index (χ0v) is 12.3. The number of carbonyl (C=O) groups is 1. The van der Waals surface area contributed by atoms with Gasteiger partial charge in [0.05, 0.1) is 5.56 Å². The topological polar surface area (TPSA) is 20.3 Å². The molecule has 2 nitrogen and oxygen atoms in total. The van der Waals surface area contributed by atoms with Crippen molar-refractivity contribution in [3.05, 3.63) is 33.4 Å². The van der Waals surface area contributed by atoms with E-state index in [-0.39, 0.29) is 5.91 Å². The van der Waals surface area contributed by atoms with Gasteiger partial charge < -0.3 is 4.90 Å². The molecule has 0 aromatic heterocycles. The van der Waals surface area contributed by atoms with E-state index in [2.05, 4.69) is 38.5 Å². The highest BCUT2D eigenvalue weighted by molar-refractivity contribution is 14.1. The zero-order chi connectivity index (χ0) is 11.3. The molecular formula is C11H13BrINO. The first kappa shape index (κ1) is 13.0. The molecule has 1 amide bonds. The Balaban J connectivity index is 2.88. The van der Waals surface area contributed by atoms with Gasteiger partial charge in [-0.1, -0.05) is 28.1 Å². The van der Waals surface area contributed by atoms with Gasteiger partial charge in [0.15, 0.2) is 0 Å². The number of carbonyl (C=O) groups excluding carboxylic acids is 1. The number of hydrogen-bond acceptors (Lipinski definition) is 1. The maximum atomic E-state index is 12.1. The molecule has 4 heteroatoms. The molecule has 1 aromatic rings. The summed E-state index contributed by atoms with van der Waals surface area (Å²) in [4.78, 5) is 13.9. The Morgan fingerprint density at radius 1 is 1.47 bits per heavy atom. The van der Waals surface area contributed by atoms with Crippen molar-refractivity contribution in [2.24, 2.45) is 0 Å². The van der Waals surface area contributed by atoms with Crippen LogP contribution < -0.4 is 0 Å². The summed E-state index contributed by atoms with van der Waals surface area (Å²) in [6, 6.07) is 7.67. The van der Waals surface area contributed by atoms with E-state index in [9.17, 15) is 4.79 Å². The molecule has 0 fully saturated rings. The van der Waals surface area contributed by atoms with Gasteiger partial charge in [0.25, 0.3) is 5.91 Å². The Bertz CT molecular complexity index is 343. The lowest BCUT2D eigenvalue weighted by Crippen LogP contribution is -2.32. The minimum Gasteiger partial charge on any atom is -0.338 e. The van der Waals surface area contributed by atoms with E-state index < -0.39 is 0 Å². The molecule has 0 unspecified atom stereocenters. The summed E-state index contributed by atoms with van der Waals surface area (Å²) in [7, 11) is 0. The maximum Gasteiger partial charge on any atom is 0.254 e. The first-order valence-electron chi connectivity index (χ1n) is 4.80. The van der Waals surface area contributed by atoms with Crippen molar-refractivity contribution in [3.8, 4) is 0 Å². The Morgan fingerprint density at radius 3 is 2.67 bits per heavy atom. The number of halogens is 2. The van der Waals surface area contributed by atoms with Gasteiger partial charge in [-0.25, -0.2) is 0 Å². The predicted octanol–water partition coefficient (Wildman–Crippen LogP) is 3.15. The number of amides is 1. The van der Waals surface area contributed by atoms with E-state index in [1.165, 1.54) is 0 Å². The second-order valence-corrected chi connectivity index (χ2v) is 5.01. The third-order valence-corrected chi connectivity index (χ3v) is 3.42. The van der Waals surface area contributed by atoms with E-state index in [1.54, 1.807) is 0 Å². The van der Waals surface area contributed by atoms with Gasteiger partial charge in [0, 0.05) is 22.0 Å². The smallest absolute Gasteiger partial charge is 0.254 e. The molecular weight excluding hydrogens is 369 g/mol. The van der Waals surface area contributed by atoms with Crippen molar-refractivity contribution in [2.75, 3.05) is 18.4 Å². The number of rotatable bonds is 4. The molecule has 1 aromatic carbocycles. The summed E-state index contributed by atoms with van der Waals surface area (Å²) in [6.07, 6.45) is 0. The van der Waals surface area contributed by atoms with Gasteiger partial charge in [0.1, 0.15) is 0 Å². The van der Waals surface area contributed by atoms with Crippen molar-refractivity contribution < 1.29 is 4.79 Å². The molecule has 82 valence electrons. The van der Waals surface area contributed by atoms with Crippen molar-refractivity contribution in [3.63, 3.8) is 0 Å². The molecule has 0 heterocycles. The van der Waals surface area contributed by atoms with Crippen LogP contribution in [0.5, 0.6) is 0 Å². The summed E-state index contributed by atoms with van der Waals surface area (Å²) >= 11 is 5.55. The fourth-order valence-corrected chi connectivity index (χ4v) is 2.36. The van der Waals surface area contributed by atoms with Gasteiger partial charge in [-0.15, -0.1) is 0 Å². The highest BCUT2D eigenvalue weighted by Gasteiger charge is 2.15. The Morgan fingerprint density at radius 2 is 2.13 bits per heavy atom. The molecule has 1 rings (SSSR count). The molecule has 0 radical (unpaired) electrons. The first-order valence-corrected chi connectivity index (χ1v) is 7.00. The van der Waals surface area contributed by atoms with Crippen LogP contribution in [0.2, 0.25) is 0 Å². The summed E-state index contributed by atoms with van der Waals surface area (Å²) in [5.74, 6) is 0.113. The average Bonchev–Trinajstić information content (AvgIpc) is 2.25. The van der Waals surface area contributed by atoms with Crippen LogP contribution in [0, 0.1) is 3.57 Å². The van der Waals surface area contributed by atoms with Crippen molar-refractivity contribution in [1.82, 2.24) is 4.90 Å². The van der Waals surface area contributed by atoms with Crippen LogP contribution in [0.15, 0.2) is 24.3 Å². The number of nitrogens with zero attached hydrogens (tertiary/aromatic N) is 1. The second kappa shape index (κ2) is 6.48. The van der Waals surface area contributed by atoms with Crippen LogP contribution in [-0.4, -0.2) is 29.2 Å². The highest BCUT2D eigenvalue weighted by Crippen LogP contribution is 2.14. The van der Waals surface area contributed by atoms with E-state index in [1.807, 2.05) is 36.1 Å². The lowest BCUT2D eigenvalue weighted by Gasteiger charge is -2.20. The molecule has 0 saturated carbocycles. The van der Waals surface area contributed by atoms with Crippen molar-refractivity contribution >= 4 is 44.4 Å². The highest BCUT2D eigenvalue weighted by atomic mass is 127. The van der Waals surface area contributed by atoms with E-state index in [4.69, 9.17) is 0 Å². The van der Waals surface area contributed by atoms with Crippen LogP contribution in [0.25, 0.3) is 0 Å². The van der Waals surface area contributed by atoms with E-state index in [0.29, 0.717) is 0 Å². The summed E-state index contributed by atoms with van der Waals surface area (Å²) in [5.41, 5.74) is 0.793. The van der Waals surface area contributed by atoms with Crippen LogP contribution in [0.1, 0.15) is 17.3 Å². The van der Waals surface area contributed by atoms with Crippen LogP contribution >= 0.6 is 38.5 Å². The van der Waals surface area contributed by atoms with Crippen LogP contribution in [0.4, 0.5) is 0 Å². The van der Waals surface area contributed by atoms with Gasteiger partial charge in [-0.2, -0.15) is 0 Å². The Kier molecular flexibility index (Phi) is 5.60. The molecule has 0 saturated heterocycles. The van der Waals surface area contributed by atoms with Crippen LogP contribution in [-0.2, 0) is 0 Å². The average molecular weight is 382 g/mol. The van der Waals surface area contributed by atoms with Gasteiger partial charge in [0.2, 0.25) is 0 Å². The zero-order valence-electron chi connectivity index (χ0n) is 8.54. The molecule has 0 aliphatic heterocycles. The van der Waals surface area contributed by atoms with Gasteiger partial charge >= 0.3 is 0 Å². The van der Waals surface area contributed by atoms with Crippen molar-refractivity contribution in [1.29, 1.82) is 0 Å². The molecule has 0 aliphatic carbocycles. The summed E-state index contributed by atoms with van der Waals surface area (Å²) in [6.45, 7) is 3.49. The van der Waals surface area contributed by atoms with Gasteiger partial charge in [-0.05, 0) is 41.6 Å². The molecule has 0 N–H and O–H groups in total. The fraction of sp³-hybridized carbons (Fsp3) is 0.364. The lowest BCUT2D eigenvalue weighted by molar-refractivity contribution is 0.0774. The molecule has 15 heavy (non-hydrogen) atoms. The Labute approximate surface area is 112 Å². The minimum atomic E-state index is 0.113. The fourth-order valence-electron chi connectivity index (χ4n) is 1.31.